The largest absolute Gasteiger partial charge is 0.505 e. The number of phenolic OH excluding ortho intramolecular Hbond substituents is 2. The molecular weight excluding hydrogens is 376 g/mol. The number of ketones is 1. The van der Waals surface area contributed by atoms with Crippen molar-refractivity contribution < 1.29 is 24.7 Å². The second-order valence-corrected chi connectivity index (χ2v) is 6.61. The highest BCUT2D eigenvalue weighted by Gasteiger charge is 2.27. The molecule has 8 nitrogen and oxygen atoms in total. The van der Waals surface area contributed by atoms with E-state index in [2.05, 4.69) is 4.98 Å². The molecule has 2 aromatic carbocycles. The summed E-state index contributed by atoms with van der Waals surface area (Å²) in [5.41, 5.74) is 0.667. The van der Waals surface area contributed by atoms with E-state index in [0.717, 1.165) is 0 Å². The van der Waals surface area contributed by atoms with Crippen LogP contribution in [0, 0.1) is 10.1 Å². The van der Waals surface area contributed by atoms with Crippen molar-refractivity contribution in [1.29, 1.82) is 0 Å². The zero-order chi connectivity index (χ0) is 21.1. The van der Waals surface area contributed by atoms with E-state index >= 15 is 0 Å². The predicted octanol–water partition coefficient (Wildman–Crippen LogP) is 4.06. The van der Waals surface area contributed by atoms with Crippen LogP contribution in [-0.4, -0.2) is 32.5 Å². The minimum Gasteiger partial charge on any atom is -0.505 e. The summed E-state index contributed by atoms with van der Waals surface area (Å²) in [6.45, 7) is 3.50. The Morgan fingerprint density at radius 3 is 2.69 bits per heavy atom. The summed E-state index contributed by atoms with van der Waals surface area (Å²) in [4.78, 5) is 27.1. The van der Waals surface area contributed by atoms with Gasteiger partial charge < -0.3 is 14.9 Å². The van der Waals surface area contributed by atoms with Crippen molar-refractivity contribution in [3.63, 3.8) is 0 Å². The topological polar surface area (TPSA) is 123 Å². The van der Waals surface area contributed by atoms with Gasteiger partial charge in [-0.3, -0.25) is 19.9 Å². The molecule has 0 aliphatic carbocycles. The molecular formula is C21H20N2O6. The van der Waals surface area contributed by atoms with Crippen LogP contribution in [0.15, 0.2) is 42.6 Å². The molecule has 150 valence electrons. The average Bonchev–Trinajstić information content (AvgIpc) is 2.68. The van der Waals surface area contributed by atoms with Gasteiger partial charge in [-0.2, -0.15) is 0 Å². The van der Waals surface area contributed by atoms with Crippen molar-refractivity contribution in [2.24, 2.45) is 0 Å². The minimum absolute atomic E-state index is 0.000600. The Bertz CT molecular complexity index is 1100. The van der Waals surface area contributed by atoms with Crippen LogP contribution < -0.4 is 4.74 Å². The van der Waals surface area contributed by atoms with Crippen LogP contribution in [-0.2, 0) is 4.79 Å². The summed E-state index contributed by atoms with van der Waals surface area (Å²) in [6.07, 6.45) is 1.43. The number of aromatic hydroxyl groups is 2. The molecule has 0 radical (unpaired) electrons. The number of non-ortho nitro benzene ring substituents is 1. The number of hydrogen-bond donors (Lipinski definition) is 2. The van der Waals surface area contributed by atoms with E-state index in [0.29, 0.717) is 12.2 Å². The molecule has 1 atom stereocenters. The van der Waals surface area contributed by atoms with Crippen molar-refractivity contribution in [2.75, 3.05) is 6.61 Å². The number of nitro benzene ring substituents is 1. The standard InChI is InChI=1S/C21H20N2O6/c1-3-29-19-10-13(6-7-18(19)25)15(9-12(2)24)16-11-17(23(27)28)14-5-4-8-22-20(14)21(16)26/h4-8,10-11,15,25-26H,3,9H2,1-2H3. The number of carbonyl (C=O) groups excluding carboxylic acids is 1. The van der Waals surface area contributed by atoms with Gasteiger partial charge in [-0.1, -0.05) is 6.07 Å². The lowest BCUT2D eigenvalue weighted by molar-refractivity contribution is -0.383. The number of benzene rings is 2. The third-order valence-corrected chi connectivity index (χ3v) is 4.62. The van der Waals surface area contributed by atoms with Crippen molar-refractivity contribution in [1.82, 2.24) is 4.98 Å². The van der Waals surface area contributed by atoms with Gasteiger partial charge in [-0.05, 0) is 43.7 Å². The number of nitro groups is 1. The van der Waals surface area contributed by atoms with Gasteiger partial charge in [0, 0.05) is 30.2 Å². The zero-order valence-electron chi connectivity index (χ0n) is 16.0. The van der Waals surface area contributed by atoms with Crippen molar-refractivity contribution in [2.45, 2.75) is 26.2 Å². The molecule has 1 unspecified atom stereocenters. The first-order chi connectivity index (χ1) is 13.8. The first-order valence-electron chi connectivity index (χ1n) is 9.03. The lowest BCUT2D eigenvalue weighted by Gasteiger charge is -2.20. The number of phenols is 2. The molecule has 0 aliphatic heterocycles. The van der Waals surface area contributed by atoms with E-state index in [1.54, 1.807) is 25.1 Å². The lowest BCUT2D eigenvalue weighted by atomic mass is 9.85. The maximum absolute atomic E-state index is 12.0. The van der Waals surface area contributed by atoms with E-state index in [1.807, 2.05) is 0 Å². The Hall–Kier alpha value is -3.68. The quantitative estimate of drug-likeness (QED) is 0.456. The fourth-order valence-electron chi connectivity index (χ4n) is 3.36. The number of ether oxygens (including phenoxy) is 1. The number of rotatable bonds is 7. The number of nitrogens with zero attached hydrogens (tertiary/aromatic N) is 2. The van der Waals surface area contributed by atoms with Gasteiger partial charge in [0.05, 0.1) is 16.9 Å². The molecule has 0 saturated carbocycles. The first-order valence-corrected chi connectivity index (χ1v) is 9.03. The molecule has 3 rings (SSSR count). The highest BCUT2D eigenvalue weighted by atomic mass is 16.6. The van der Waals surface area contributed by atoms with Gasteiger partial charge >= 0.3 is 0 Å². The van der Waals surface area contributed by atoms with Gasteiger partial charge in [0.1, 0.15) is 17.0 Å². The Kier molecular flexibility index (Phi) is 5.63. The summed E-state index contributed by atoms with van der Waals surface area (Å²) in [5, 5.41) is 32.7. The van der Waals surface area contributed by atoms with Gasteiger partial charge in [-0.25, -0.2) is 0 Å². The molecule has 0 bridgehead atoms. The predicted molar refractivity (Wildman–Crippen MR) is 106 cm³/mol. The third kappa shape index (κ3) is 3.96. The molecule has 0 spiro atoms. The second kappa shape index (κ2) is 8.14. The van der Waals surface area contributed by atoms with Crippen LogP contribution in [0.25, 0.3) is 10.9 Å². The maximum Gasteiger partial charge on any atom is 0.279 e. The number of aromatic nitrogens is 1. The van der Waals surface area contributed by atoms with Gasteiger partial charge in [0.25, 0.3) is 5.69 Å². The van der Waals surface area contributed by atoms with E-state index in [9.17, 15) is 25.1 Å². The Labute approximate surface area is 166 Å². The van der Waals surface area contributed by atoms with Crippen LogP contribution in [0.5, 0.6) is 17.2 Å². The summed E-state index contributed by atoms with van der Waals surface area (Å²) in [5.74, 6) is -0.899. The average molecular weight is 396 g/mol. The molecule has 3 aromatic rings. The van der Waals surface area contributed by atoms with Crippen LogP contribution in [0.2, 0.25) is 0 Å². The molecule has 0 fully saturated rings. The fourth-order valence-corrected chi connectivity index (χ4v) is 3.36. The second-order valence-electron chi connectivity index (χ2n) is 6.61. The monoisotopic (exact) mass is 396 g/mol. The van der Waals surface area contributed by atoms with Crippen molar-refractivity contribution in [3.05, 3.63) is 63.8 Å². The SMILES string of the molecule is CCOc1cc(C(CC(C)=O)c2cc([N+](=O)[O-])c3cccnc3c2O)ccc1O. The van der Waals surface area contributed by atoms with Crippen LogP contribution in [0.4, 0.5) is 5.69 Å². The van der Waals surface area contributed by atoms with Crippen LogP contribution in [0.1, 0.15) is 37.3 Å². The molecule has 0 aliphatic rings. The Morgan fingerprint density at radius 1 is 1.28 bits per heavy atom. The van der Waals surface area contributed by atoms with Gasteiger partial charge in [0.2, 0.25) is 0 Å². The Morgan fingerprint density at radius 2 is 2.03 bits per heavy atom. The Balaban J connectivity index is 2.26. The van der Waals surface area contributed by atoms with E-state index in [4.69, 9.17) is 4.74 Å². The number of Topliss-reactive ketones (excluding diaryl/α,β-unsaturated/α-hetero) is 1. The molecule has 29 heavy (non-hydrogen) atoms. The minimum atomic E-state index is -0.683. The van der Waals surface area contributed by atoms with E-state index < -0.39 is 10.8 Å². The summed E-state index contributed by atoms with van der Waals surface area (Å²) < 4.78 is 5.41. The molecule has 1 aromatic heterocycles. The van der Waals surface area contributed by atoms with Crippen LogP contribution in [0.3, 0.4) is 0 Å². The normalized spacial score (nSPS) is 11.9. The summed E-state index contributed by atoms with van der Waals surface area (Å²) >= 11 is 0. The van der Waals surface area contributed by atoms with E-state index in [1.165, 1.54) is 31.3 Å². The maximum atomic E-state index is 12.0. The summed E-state index contributed by atoms with van der Waals surface area (Å²) in [6, 6.07) is 8.94. The van der Waals surface area contributed by atoms with Gasteiger partial charge in [-0.15, -0.1) is 0 Å². The van der Waals surface area contributed by atoms with Crippen LogP contribution >= 0.6 is 0 Å². The molecule has 1 heterocycles. The lowest BCUT2D eigenvalue weighted by Crippen LogP contribution is -2.08. The third-order valence-electron chi connectivity index (χ3n) is 4.62. The first kappa shape index (κ1) is 20.1. The molecule has 2 N–H and O–H groups in total. The number of carbonyl (C=O) groups is 1. The molecule has 8 heteroatoms. The number of fused-ring (bicyclic) bond motifs is 1. The zero-order valence-corrected chi connectivity index (χ0v) is 16.0. The highest BCUT2D eigenvalue weighted by molar-refractivity contribution is 5.94. The van der Waals surface area contributed by atoms with Gasteiger partial charge in [0.15, 0.2) is 11.5 Å². The number of hydrogen-bond acceptors (Lipinski definition) is 7. The van der Waals surface area contributed by atoms with Crippen molar-refractivity contribution >= 4 is 22.4 Å². The van der Waals surface area contributed by atoms with E-state index in [-0.39, 0.29) is 51.6 Å². The fraction of sp³-hybridized carbons (Fsp3) is 0.238. The molecule has 0 amide bonds. The highest BCUT2D eigenvalue weighted by Crippen LogP contribution is 2.43. The smallest absolute Gasteiger partial charge is 0.279 e. The van der Waals surface area contributed by atoms with Crippen molar-refractivity contribution in [3.8, 4) is 17.2 Å². The molecule has 0 saturated heterocycles. The number of pyridine rings is 1. The summed E-state index contributed by atoms with van der Waals surface area (Å²) in [7, 11) is 0.